The van der Waals surface area contributed by atoms with Gasteiger partial charge >= 0.3 is 0 Å². The van der Waals surface area contributed by atoms with Gasteiger partial charge in [0.25, 0.3) is 0 Å². The molecule has 0 aromatic heterocycles. The van der Waals surface area contributed by atoms with Gasteiger partial charge in [0.05, 0.1) is 6.61 Å². The van der Waals surface area contributed by atoms with Crippen molar-refractivity contribution in [2.45, 2.75) is 45.4 Å². The number of nitrogens with two attached hydrogens (primary N) is 1. The molecular formula is C13H28N2O. The summed E-state index contributed by atoms with van der Waals surface area (Å²) in [7, 11) is 0. The molecule has 1 aliphatic rings. The van der Waals surface area contributed by atoms with Crippen LogP contribution >= 0.6 is 0 Å². The predicted molar refractivity (Wildman–Crippen MR) is 68.4 cm³/mol. The number of aliphatic hydroxyl groups excluding tert-OH is 1. The first kappa shape index (κ1) is 13.9. The van der Waals surface area contributed by atoms with E-state index in [0.717, 1.165) is 26.2 Å². The molecule has 3 N–H and O–H groups in total. The fourth-order valence-corrected chi connectivity index (χ4v) is 2.87. The zero-order valence-electron chi connectivity index (χ0n) is 10.7. The molecule has 1 rings (SSSR count). The van der Waals surface area contributed by atoms with Crippen molar-refractivity contribution in [2.24, 2.45) is 11.1 Å². The molecule has 0 aromatic rings. The van der Waals surface area contributed by atoms with Gasteiger partial charge in [0.2, 0.25) is 0 Å². The molecule has 0 heterocycles. The minimum Gasteiger partial charge on any atom is -0.395 e. The van der Waals surface area contributed by atoms with E-state index in [1.165, 1.54) is 38.5 Å². The summed E-state index contributed by atoms with van der Waals surface area (Å²) in [5.74, 6) is 0. The third-order valence-corrected chi connectivity index (χ3v) is 4.02. The molecule has 0 aliphatic heterocycles. The summed E-state index contributed by atoms with van der Waals surface area (Å²) in [6.07, 6.45) is 7.93. The van der Waals surface area contributed by atoms with Crippen LogP contribution in [0, 0.1) is 5.41 Å². The summed E-state index contributed by atoms with van der Waals surface area (Å²) < 4.78 is 0. The SMILES string of the molecule is CCN(CCO)CC1(CN)CCCCCC1. The molecule has 96 valence electrons. The molecule has 0 aromatic carbocycles. The predicted octanol–water partition coefficient (Wildman–Crippen LogP) is 1.60. The van der Waals surface area contributed by atoms with Gasteiger partial charge in [0.15, 0.2) is 0 Å². The molecule has 0 unspecified atom stereocenters. The summed E-state index contributed by atoms with van der Waals surface area (Å²) in [5, 5.41) is 9.04. The van der Waals surface area contributed by atoms with E-state index in [1.807, 2.05) is 0 Å². The summed E-state index contributed by atoms with van der Waals surface area (Å²) in [6, 6.07) is 0. The van der Waals surface area contributed by atoms with Crippen molar-refractivity contribution in [2.75, 3.05) is 32.8 Å². The number of nitrogens with zero attached hydrogens (tertiary/aromatic N) is 1. The highest BCUT2D eigenvalue weighted by Gasteiger charge is 2.30. The highest BCUT2D eigenvalue weighted by atomic mass is 16.3. The Balaban J connectivity index is 2.55. The Labute approximate surface area is 100 Å². The van der Waals surface area contributed by atoms with Crippen molar-refractivity contribution in [1.82, 2.24) is 4.90 Å². The van der Waals surface area contributed by atoms with E-state index < -0.39 is 0 Å². The maximum Gasteiger partial charge on any atom is 0.0558 e. The Morgan fingerprint density at radius 2 is 1.81 bits per heavy atom. The molecule has 1 saturated carbocycles. The van der Waals surface area contributed by atoms with E-state index in [4.69, 9.17) is 10.8 Å². The van der Waals surface area contributed by atoms with E-state index >= 15 is 0 Å². The quantitative estimate of drug-likeness (QED) is 0.679. The van der Waals surface area contributed by atoms with Crippen LogP contribution in [0.2, 0.25) is 0 Å². The summed E-state index contributed by atoms with van der Waals surface area (Å²) in [5.41, 5.74) is 6.34. The van der Waals surface area contributed by atoms with Crippen molar-refractivity contribution in [3.8, 4) is 0 Å². The smallest absolute Gasteiger partial charge is 0.0558 e. The molecule has 1 fully saturated rings. The number of aliphatic hydroxyl groups is 1. The molecule has 0 spiro atoms. The maximum atomic E-state index is 9.04. The average molecular weight is 228 g/mol. The normalized spacial score (nSPS) is 21.0. The van der Waals surface area contributed by atoms with Crippen molar-refractivity contribution in [3.63, 3.8) is 0 Å². The van der Waals surface area contributed by atoms with Gasteiger partial charge in [-0.2, -0.15) is 0 Å². The van der Waals surface area contributed by atoms with Gasteiger partial charge in [-0.05, 0) is 31.3 Å². The first-order valence-corrected chi connectivity index (χ1v) is 6.79. The fraction of sp³-hybridized carbons (Fsp3) is 1.00. The third-order valence-electron chi connectivity index (χ3n) is 4.02. The van der Waals surface area contributed by atoms with E-state index in [9.17, 15) is 0 Å². The number of rotatable bonds is 6. The Kier molecular flexibility index (Phi) is 6.32. The first-order valence-electron chi connectivity index (χ1n) is 6.79. The topological polar surface area (TPSA) is 49.5 Å². The van der Waals surface area contributed by atoms with Crippen LogP contribution in [0.15, 0.2) is 0 Å². The Morgan fingerprint density at radius 1 is 1.19 bits per heavy atom. The van der Waals surface area contributed by atoms with Crippen LogP contribution in [0.4, 0.5) is 0 Å². The van der Waals surface area contributed by atoms with Crippen LogP contribution in [0.3, 0.4) is 0 Å². The lowest BCUT2D eigenvalue weighted by atomic mass is 9.80. The maximum absolute atomic E-state index is 9.04. The molecule has 16 heavy (non-hydrogen) atoms. The molecule has 0 amide bonds. The Bertz CT molecular complexity index is 177. The molecule has 0 bridgehead atoms. The van der Waals surface area contributed by atoms with E-state index in [-0.39, 0.29) is 6.61 Å². The highest BCUT2D eigenvalue weighted by molar-refractivity contribution is 4.85. The average Bonchev–Trinajstić information content (AvgIpc) is 2.55. The second-order valence-electron chi connectivity index (χ2n) is 5.21. The number of hydrogen-bond acceptors (Lipinski definition) is 3. The van der Waals surface area contributed by atoms with Gasteiger partial charge in [-0.25, -0.2) is 0 Å². The lowest BCUT2D eigenvalue weighted by molar-refractivity contribution is 0.119. The van der Waals surface area contributed by atoms with Crippen LogP contribution < -0.4 is 5.73 Å². The van der Waals surface area contributed by atoms with Crippen LogP contribution in [-0.2, 0) is 0 Å². The molecule has 3 heteroatoms. The summed E-state index contributed by atoms with van der Waals surface area (Å²) in [4.78, 5) is 2.35. The minimum atomic E-state index is 0.258. The molecule has 0 atom stereocenters. The van der Waals surface area contributed by atoms with Gasteiger partial charge in [-0.15, -0.1) is 0 Å². The van der Waals surface area contributed by atoms with Gasteiger partial charge in [0.1, 0.15) is 0 Å². The third kappa shape index (κ3) is 4.04. The van der Waals surface area contributed by atoms with E-state index in [2.05, 4.69) is 11.8 Å². The van der Waals surface area contributed by atoms with E-state index in [1.54, 1.807) is 0 Å². The minimum absolute atomic E-state index is 0.258. The van der Waals surface area contributed by atoms with Crippen molar-refractivity contribution in [1.29, 1.82) is 0 Å². The molecule has 1 aliphatic carbocycles. The Morgan fingerprint density at radius 3 is 2.25 bits per heavy atom. The van der Waals surface area contributed by atoms with Crippen molar-refractivity contribution < 1.29 is 5.11 Å². The molecular weight excluding hydrogens is 200 g/mol. The molecule has 3 nitrogen and oxygen atoms in total. The first-order chi connectivity index (χ1) is 7.76. The number of hydrogen-bond donors (Lipinski definition) is 2. The summed E-state index contributed by atoms with van der Waals surface area (Å²) >= 11 is 0. The van der Waals surface area contributed by atoms with Gasteiger partial charge in [-0.1, -0.05) is 32.6 Å². The van der Waals surface area contributed by atoms with Crippen LogP contribution in [0.25, 0.3) is 0 Å². The van der Waals surface area contributed by atoms with Gasteiger partial charge in [-0.3, -0.25) is 0 Å². The van der Waals surface area contributed by atoms with Crippen molar-refractivity contribution >= 4 is 0 Å². The van der Waals surface area contributed by atoms with Crippen LogP contribution in [0.1, 0.15) is 45.4 Å². The number of likely N-dealkylation sites (N-methyl/N-ethyl adjacent to an activating group) is 1. The van der Waals surface area contributed by atoms with Crippen LogP contribution in [0.5, 0.6) is 0 Å². The summed E-state index contributed by atoms with van der Waals surface area (Å²) in [6.45, 7) is 6.10. The second-order valence-corrected chi connectivity index (χ2v) is 5.21. The monoisotopic (exact) mass is 228 g/mol. The zero-order valence-corrected chi connectivity index (χ0v) is 10.7. The van der Waals surface area contributed by atoms with Crippen LogP contribution in [-0.4, -0.2) is 42.8 Å². The van der Waals surface area contributed by atoms with Gasteiger partial charge in [0, 0.05) is 13.1 Å². The second kappa shape index (κ2) is 7.25. The lowest BCUT2D eigenvalue weighted by Crippen LogP contribution is -2.43. The van der Waals surface area contributed by atoms with E-state index in [0.29, 0.717) is 5.41 Å². The fourth-order valence-electron chi connectivity index (χ4n) is 2.87. The zero-order chi connectivity index (χ0) is 11.9. The Hall–Kier alpha value is -0.120. The lowest BCUT2D eigenvalue weighted by Gasteiger charge is -2.36. The largest absolute Gasteiger partial charge is 0.395 e. The molecule has 0 saturated heterocycles. The standard InChI is InChI=1S/C13H28N2O/c1-2-15(9-10-16)12-13(11-14)7-5-3-4-6-8-13/h16H,2-12,14H2,1H3. The molecule has 0 radical (unpaired) electrons. The van der Waals surface area contributed by atoms with Crippen molar-refractivity contribution in [3.05, 3.63) is 0 Å². The van der Waals surface area contributed by atoms with Gasteiger partial charge < -0.3 is 15.7 Å². The highest BCUT2D eigenvalue weighted by Crippen LogP contribution is 2.34.